The maximum absolute atomic E-state index is 7.19. The summed E-state index contributed by atoms with van der Waals surface area (Å²) in [6, 6.07) is 17.1. The molecule has 0 aliphatic heterocycles. The molecule has 0 aromatic heterocycles. The van der Waals surface area contributed by atoms with E-state index in [2.05, 4.69) is 15.9 Å². The molecule has 0 N–H and O–H groups in total. The first-order chi connectivity index (χ1) is 22.6. The molecule has 0 nitrogen and oxygen atoms in total. The Labute approximate surface area is 354 Å². The molecule has 0 spiro atoms. The third-order valence-electron chi connectivity index (χ3n) is 7.19. The summed E-state index contributed by atoms with van der Waals surface area (Å²) in [7, 11) is 0. The molecule has 0 atom stereocenters. The average Bonchev–Trinajstić information content (AvgIpc) is 3.07. The van der Waals surface area contributed by atoms with Crippen molar-refractivity contribution in [1.82, 2.24) is 0 Å². The number of rotatable bonds is 6. The van der Waals surface area contributed by atoms with Crippen LogP contribution in [0.3, 0.4) is 0 Å². The van der Waals surface area contributed by atoms with Crippen LogP contribution < -0.4 is 0 Å². The third-order valence-corrected chi connectivity index (χ3v) is 14.1. The van der Waals surface area contributed by atoms with E-state index in [0.29, 0.717) is 11.1 Å². The van der Waals surface area contributed by atoms with Crippen LogP contribution in [-0.4, -0.2) is 0 Å². The maximum atomic E-state index is 7.19. The Morgan fingerprint density at radius 3 is 1.12 bits per heavy atom. The summed E-state index contributed by atoms with van der Waals surface area (Å²) in [4.78, 5) is 0. The molecule has 0 aliphatic rings. The van der Waals surface area contributed by atoms with E-state index in [-0.39, 0.29) is 87.0 Å². The van der Waals surface area contributed by atoms with E-state index in [0.717, 1.165) is 15.6 Å². The second kappa shape index (κ2) is 16.2. The molecule has 5 rings (SSSR count). The summed E-state index contributed by atoms with van der Waals surface area (Å²) in [6.45, 7) is 0. The van der Waals surface area contributed by atoms with Gasteiger partial charge < -0.3 is 0 Å². The highest BCUT2D eigenvalue weighted by molar-refractivity contribution is 9.10. The molecule has 0 saturated carbocycles. The minimum Gasteiger partial charge on any atom is -0.0823 e. The quantitative estimate of drug-likeness (QED) is 0.0688. The van der Waals surface area contributed by atoms with Crippen LogP contribution in [0.2, 0.25) is 70.3 Å². The van der Waals surface area contributed by atoms with Crippen LogP contribution >= 0.6 is 178 Å². The van der Waals surface area contributed by atoms with Crippen LogP contribution in [0.5, 0.6) is 0 Å². The van der Waals surface area contributed by atoms with Gasteiger partial charge >= 0.3 is 0 Å². The van der Waals surface area contributed by atoms with E-state index in [1.54, 1.807) is 0 Å². The predicted octanol–water partition coefficient (Wildman–Crippen LogP) is 18.4. The molecule has 48 heavy (non-hydrogen) atoms. The Balaban J connectivity index is 1.94. The predicted molar refractivity (Wildman–Crippen MR) is 218 cm³/mol. The van der Waals surface area contributed by atoms with Crippen molar-refractivity contribution in [2.24, 2.45) is 0 Å². The normalized spacial score (nSPS) is 12.0. The van der Waals surface area contributed by atoms with Gasteiger partial charge in [-0.25, -0.2) is 0 Å². The number of hydrogen-bond acceptors (Lipinski definition) is 0. The van der Waals surface area contributed by atoms with Gasteiger partial charge in [-0.1, -0.05) is 221 Å². The van der Waals surface area contributed by atoms with E-state index < -0.39 is 5.92 Å². The van der Waals surface area contributed by atoms with E-state index in [1.807, 2.05) is 60.7 Å². The van der Waals surface area contributed by atoms with E-state index in [9.17, 15) is 0 Å². The van der Waals surface area contributed by atoms with Crippen molar-refractivity contribution >= 4 is 190 Å². The largest absolute Gasteiger partial charge is 0.0823 e. The van der Waals surface area contributed by atoms with Crippen LogP contribution in [0.15, 0.2) is 59.1 Å². The van der Waals surface area contributed by atoms with Gasteiger partial charge in [0.15, 0.2) is 0 Å². The van der Waals surface area contributed by atoms with E-state index >= 15 is 0 Å². The lowest BCUT2D eigenvalue weighted by Crippen LogP contribution is -2.11. The van der Waals surface area contributed by atoms with Gasteiger partial charge in [0.1, 0.15) is 0 Å². The van der Waals surface area contributed by atoms with Crippen LogP contribution in [0.25, 0.3) is 11.6 Å². The zero-order chi connectivity index (χ0) is 35.4. The first-order valence-electron chi connectivity index (χ1n) is 13.0. The minimum absolute atomic E-state index is 0.0213. The van der Waals surface area contributed by atoms with Crippen molar-refractivity contribution in [3.8, 4) is 0 Å². The summed E-state index contributed by atoms with van der Waals surface area (Å²) < 4.78 is 0.861. The Hall–Kier alpha value is 0.380. The lowest BCUT2D eigenvalue weighted by atomic mass is 9.83. The van der Waals surface area contributed by atoms with Crippen molar-refractivity contribution in [2.75, 3.05) is 0 Å². The first kappa shape index (κ1) is 39.6. The zero-order valence-corrected chi connectivity index (χ0v) is 35.2. The van der Waals surface area contributed by atoms with Gasteiger partial charge in [0.25, 0.3) is 0 Å². The molecular formula is C33H11BrCl14. The molecule has 0 amide bonds. The second-order valence-electron chi connectivity index (χ2n) is 9.92. The monoisotopic (exact) mass is 976 g/mol. The average molecular weight is 984 g/mol. The van der Waals surface area contributed by atoms with Crippen molar-refractivity contribution in [3.05, 3.63) is 163 Å². The van der Waals surface area contributed by atoms with Gasteiger partial charge in [-0.05, 0) is 34.9 Å². The van der Waals surface area contributed by atoms with Crippen molar-refractivity contribution < 1.29 is 0 Å². The van der Waals surface area contributed by atoms with Gasteiger partial charge in [0.2, 0.25) is 0 Å². The molecular weight excluding hydrogens is 973 g/mol. The fourth-order valence-electron chi connectivity index (χ4n) is 4.97. The summed E-state index contributed by atoms with van der Waals surface area (Å²) in [5.41, 5.74) is 2.72. The van der Waals surface area contributed by atoms with Gasteiger partial charge in [0.05, 0.1) is 70.3 Å². The van der Waals surface area contributed by atoms with Crippen molar-refractivity contribution in [1.29, 1.82) is 0 Å². The summed E-state index contributed by atoms with van der Waals surface area (Å²) in [5.74, 6) is -1.29. The van der Waals surface area contributed by atoms with Crippen LogP contribution in [0.1, 0.15) is 39.3 Å². The van der Waals surface area contributed by atoms with Gasteiger partial charge in [0, 0.05) is 32.6 Å². The fourth-order valence-corrected chi connectivity index (χ4v) is 9.26. The Bertz CT molecular complexity index is 1970. The topological polar surface area (TPSA) is 0 Å². The fraction of sp³-hybridized carbons (Fsp3) is 0.0303. The minimum atomic E-state index is -1.29. The molecule has 5 aromatic rings. The third kappa shape index (κ3) is 7.30. The molecule has 0 aliphatic carbocycles. The van der Waals surface area contributed by atoms with Crippen molar-refractivity contribution in [2.45, 2.75) is 5.92 Å². The Kier molecular flexibility index (Phi) is 13.3. The molecule has 0 unspecified atom stereocenters. The van der Waals surface area contributed by atoms with Crippen LogP contribution in [0, 0.1) is 0 Å². The molecule has 0 heterocycles. The number of hydrogen-bond donors (Lipinski definition) is 0. The smallest absolute Gasteiger partial charge is 0.0809 e. The molecule has 0 fully saturated rings. The zero-order valence-electron chi connectivity index (χ0n) is 23.0. The lowest BCUT2D eigenvalue weighted by Gasteiger charge is -2.29. The highest BCUT2D eigenvalue weighted by Gasteiger charge is 2.37. The van der Waals surface area contributed by atoms with Crippen LogP contribution in [-0.2, 0) is 0 Å². The number of halogens is 15. The molecule has 0 radical (unpaired) electrons. The van der Waals surface area contributed by atoms with Crippen LogP contribution in [0.4, 0.5) is 0 Å². The van der Waals surface area contributed by atoms with Gasteiger partial charge in [-0.2, -0.15) is 0 Å². The number of benzene rings is 5. The SMILES string of the molecule is Clc1c(Cl)c(Cl)c(C(c2c(Cl)c(Cl)c(Cl)c(Cl)c2Cl)c2c(Cl)c(Cl)c(C(=Cc3ccccc3)c3ccc(Br)cc3)c(Cl)c2Cl)c(Cl)c1Cl. The molecule has 0 bridgehead atoms. The van der Waals surface area contributed by atoms with Gasteiger partial charge in [-0.3, -0.25) is 0 Å². The summed E-state index contributed by atoms with van der Waals surface area (Å²) >= 11 is 98.4. The summed E-state index contributed by atoms with van der Waals surface area (Å²) in [5, 5.41) is -1.31. The van der Waals surface area contributed by atoms with Gasteiger partial charge in [-0.15, -0.1) is 0 Å². The molecule has 15 heteroatoms. The van der Waals surface area contributed by atoms with Crippen molar-refractivity contribution in [3.63, 3.8) is 0 Å². The first-order valence-corrected chi connectivity index (χ1v) is 19.1. The molecule has 248 valence electrons. The highest BCUT2D eigenvalue weighted by atomic mass is 79.9. The highest BCUT2D eigenvalue weighted by Crippen LogP contribution is 2.59. The second-order valence-corrected chi connectivity index (χ2v) is 16.1. The van der Waals surface area contributed by atoms with E-state index in [1.165, 1.54) is 0 Å². The Morgan fingerprint density at radius 2 is 0.750 bits per heavy atom. The maximum Gasteiger partial charge on any atom is 0.0809 e. The lowest BCUT2D eigenvalue weighted by molar-refractivity contribution is 0.978. The van der Waals surface area contributed by atoms with E-state index in [4.69, 9.17) is 162 Å². The summed E-state index contributed by atoms with van der Waals surface area (Å²) in [6.07, 6.45) is 1.90. The molecule has 5 aromatic carbocycles. The Morgan fingerprint density at radius 1 is 0.417 bits per heavy atom. The molecule has 0 saturated heterocycles. The standard InChI is InChI=1S/C33H11BrCl14/c34-13-8-6-12(7-9-13)14(10-11-4-2-1-3-5-11)15-20(35)22(37)17(23(38)21(15)36)16(18-24(39)28(43)32(47)29(44)25(18)40)19-26(41)30(45)33(48)31(46)27(19)42/h1-10,16H.